The summed E-state index contributed by atoms with van der Waals surface area (Å²) in [6.07, 6.45) is 0. The van der Waals surface area contributed by atoms with Crippen molar-refractivity contribution in [2.75, 3.05) is 5.73 Å². The molecular weight excluding hydrogens is 260 g/mol. The Hall–Kier alpha value is -2.26. The van der Waals surface area contributed by atoms with Crippen molar-refractivity contribution in [2.45, 2.75) is 0 Å². The lowest BCUT2D eigenvalue weighted by Crippen LogP contribution is -2.08. The fourth-order valence-electron chi connectivity index (χ4n) is 2.10. The molecule has 0 bridgehead atoms. The summed E-state index contributed by atoms with van der Waals surface area (Å²) in [5, 5.41) is 2.01. The zero-order valence-corrected chi connectivity index (χ0v) is 10.7. The Kier molecular flexibility index (Phi) is 2.76. The highest BCUT2D eigenvalue weighted by Crippen LogP contribution is 2.24. The highest BCUT2D eigenvalue weighted by molar-refractivity contribution is 6.30. The van der Waals surface area contributed by atoms with Crippen molar-refractivity contribution in [2.24, 2.45) is 0 Å². The van der Waals surface area contributed by atoms with E-state index in [0.717, 1.165) is 16.6 Å². The smallest absolute Gasteiger partial charge is 0.256 e. The van der Waals surface area contributed by atoms with Crippen LogP contribution in [0.15, 0.2) is 53.3 Å². The summed E-state index contributed by atoms with van der Waals surface area (Å²) in [7, 11) is 0. The predicted octanol–water partition coefficient (Wildman–Crippen LogP) is 3.43. The van der Waals surface area contributed by atoms with Crippen LogP contribution in [0, 0.1) is 0 Å². The molecule has 0 atom stereocenters. The van der Waals surface area contributed by atoms with Crippen LogP contribution in [0.1, 0.15) is 0 Å². The molecule has 94 valence electrons. The average Bonchev–Trinajstić information content (AvgIpc) is 2.41. The summed E-state index contributed by atoms with van der Waals surface area (Å²) in [5.74, 6) is 0. The minimum absolute atomic E-state index is 0.144. The minimum atomic E-state index is -0.144. The molecule has 0 aliphatic heterocycles. The minimum Gasteiger partial charge on any atom is -0.398 e. The van der Waals surface area contributed by atoms with Gasteiger partial charge in [0.15, 0.2) is 0 Å². The van der Waals surface area contributed by atoms with E-state index >= 15 is 0 Å². The number of nitrogens with one attached hydrogen (secondary N) is 1. The van der Waals surface area contributed by atoms with E-state index in [1.165, 1.54) is 0 Å². The van der Waals surface area contributed by atoms with E-state index in [4.69, 9.17) is 17.3 Å². The van der Waals surface area contributed by atoms with E-state index in [-0.39, 0.29) is 5.56 Å². The first-order valence-electron chi connectivity index (χ1n) is 5.82. The number of anilines is 1. The number of hydrogen-bond donors (Lipinski definition) is 2. The first-order chi connectivity index (χ1) is 9.15. The lowest BCUT2D eigenvalue weighted by atomic mass is 10.1. The molecule has 0 fully saturated rings. The molecule has 4 heteroatoms. The van der Waals surface area contributed by atoms with Gasteiger partial charge in [-0.3, -0.25) is 4.79 Å². The third-order valence-electron chi connectivity index (χ3n) is 3.08. The molecule has 0 unspecified atom stereocenters. The Bertz CT molecular complexity index is 806. The maximum atomic E-state index is 12.1. The van der Waals surface area contributed by atoms with E-state index in [1.54, 1.807) is 30.3 Å². The number of halogens is 1. The largest absolute Gasteiger partial charge is 0.398 e. The van der Waals surface area contributed by atoms with Gasteiger partial charge in [-0.2, -0.15) is 0 Å². The fraction of sp³-hybridized carbons (Fsp3) is 0. The van der Waals surface area contributed by atoms with Crippen molar-refractivity contribution in [1.29, 1.82) is 0 Å². The van der Waals surface area contributed by atoms with Crippen LogP contribution in [-0.2, 0) is 0 Å². The van der Waals surface area contributed by atoms with Crippen molar-refractivity contribution < 1.29 is 0 Å². The van der Waals surface area contributed by atoms with Crippen LogP contribution >= 0.6 is 11.6 Å². The number of benzene rings is 2. The number of aromatic nitrogens is 1. The van der Waals surface area contributed by atoms with Gasteiger partial charge in [0.2, 0.25) is 0 Å². The number of hydrogen-bond acceptors (Lipinski definition) is 2. The Labute approximate surface area is 114 Å². The lowest BCUT2D eigenvalue weighted by Gasteiger charge is -2.06. The van der Waals surface area contributed by atoms with Crippen molar-refractivity contribution >= 4 is 28.1 Å². The van der Waals surface area contributed by atoms with Crippen LogP contribution < -0.4 is 11.3 Å². The molecule has 19 heavy (non-hydrogen) atoms. The van der Waals surface area contributed by atoms with Gasteiger partial charge in [-0.1, -0.05) is 29.8 Å². The molecule has 0 aliphatic rings. The van der Waals surface area contributed by atoms with Gasteiger partial charge < -0.3 is 10.7 Å². The van der Waals surface area contributed by atoms with Crippen LogP contribution in [0.4, 0.5) is 5.69 Å². The van der Waals surface area contributed by atoms with Gasteiger partial charge in [0.25, 0.3) is 5.56 Å². The molecule has 2 aromatic carbocycles. The van der Waals surface area contributed by atoms with E-state index in [2.05, 4.69) is 4.98 Å². The number of nitrogens with two attached hydrogens (primary N) is 1. The molecule has 0 saturated heterocycles. The molecule has 0 amide bonds. The summed E-state index contributed by atoms with van der Waals surface area (Å²) in [4.78, 5) is 14.9. The Morgan fingerprint density at radius 3 is 2.47 bits per heavy atom. The Morgan fingerprint density at radius 2 is 1.74 bits per heavy atom. The molecule has 3 N–H and O–H groups in total. The second kappa shape index (κ2) is 4.44. The fourth-order valence-corrected chi connectivity index (χ4v) is 2.22. The summed E-state index contributed by atoms with van der Waals surface area (Å²) in [6, 6.07) is 14.5. The van der Waals surface area contributed by atoms with Gasteiger partial charge >= 0.3 is 0 Å². The highest BCUT2D eigenvalue weighted by Gasteiger charge is 2.06. The van der Waals surface area contributed by atoms with Gasteiger partial charge in [0, 0.05) is 27.2 Å². The van der Waals surface area contributed by atoms with Gasteiger partial charge in [0.1, 0.15) is 0 Å². The average molecular weight is 271 g/mol. The van der Waals surface area contributed by atoms with Crippen molar-refractivity contribution in [3.8, 4) is 11.3 Å². The zero-order valence-electron chi connectivity index (χ0n) is 9.98. The molecule has 0 saturated carbocycles. The van der Waals surface area contributed by atoms with Gasteiger partial charge in [-0.25, -0.2) is 0 Å². The standard InChI is InChI=1S/C15H11ClN2O/c16-10-6-4-9(5-7-10)14-8-12-11(15(19)18-14)2-1-3-13(12)17/h1-8H,17H2,(H,18,19). The predicted molar refractivity (Wildman–Crippen MR) is 79.4 cm³/mol. The second-order valence-corrected chi connectivity index (χ2v) is 4.76. The van der Waals surface area contributed by atoms with Crippen LogP contribution in [0.2, 0.25) is 5.02 Å². The molecular formula is C15H11ClN2O. The topological polar surface area (TPSA) is 58.9 Å². The van der Waals surface area contributed by atoms with E-state index in [1.807, 2.05) is 18.2 Å². The monoisotopic (exact) mass is 270 g/mol. The van der Waals surface area contributed by atoms with Crippen LogP contribution in [0.3, 0.4) is 0 Å². The molecule has 1 heterocycles. The first-order valence-corrected chi connectivity index (χ1v) is 6.20. The highest BCUT2D eigenvalue weighted by atomic mass is 35.5. The molecule has 3 aromatic rings. The normalized spacial score (nSPS) is 10.8. The van der Waals surface area contributed by atoms with Crippen molar-refractivity contribution in [1.82, 2.24) is 4.98 Å². The summed E-state index contributed by atoms with van der Waals surface area (Å²) < 4.78 is 0. The Balaban J connectivity index is 2.29. The van der Waals surface area contributed by atoms with E-state index < -0.39 is 0 Å². The second-order valence-electron chi connectivity index (χ2n) is 4.33. The van der Waals surface area contributed by atoms with Gasteiger partial charge in [0.05, 0.1) is 0 Å². The first kappa shape index (κ1) is 11.8. The number of rotatable bonds is 1. The number of H-pyrrole nitrogens is 1. The van der Waals surface area contributed by atoms with Crippen LogP contribution in [0.5, 0.6) is 0 Å². The summed E-state index contributed by atoms with van der Waals surface area (Å²) in [5.41, 5.74) is 8.00. The van der Waals surface area contributed by atoms with E-state index in [9.17, 15) is 4.79 Å². The quantitative estimate of drug-likeness (QED) is 0.666. The third-order valence-corrected chi connectivity index (χ3v) is 3.33. The Morgan fingerprint density at radius 1 is 1.00 bits per heavy atom. The van der Waals surface area contributed by atoms with Gasteiger partial charge in [-0.05, 0) is 35.9 Å². The third kappa shape index (κ3) is 2.09. The maximum absolute atomic E-state index is 12.1. The van der Waals surface area contributed by atoms with Gasteiger partial charge in [-0.15, -0.1) is 0 Å². The SMILES string of the molecule is Nc1cccc2c(=O)[nH]c(-c3ccc(Cl)cc3)cc12. The summed E-state index contributed by atoms with van der Waals surface area (Å²) >= 11 is 5.86. The molecule has 0 aliphatic carbocycles. The number of fused-ring (bicyclic) bond motifs is 1. The van der Waals surface area contributed by atoms with Crippen molar-refractivity contribution in [3.63, 3.8) is 0 Å². The molecule has 3 nitrogen and oxygen atoms in total. The van der Waals surface area contributed by atoms with Crippen molar-refractivity contribution in [3.05, 3.63) is 63.9 Å². The molecule has 0 spiro atoms. The molecule has 0 radical (unpaired) electrons. The number of aromatic amines is 1. The molecule has 3 rings (SSSR count). The maximum Gasteiger partial charge on any atom is 0.256 e. The zero-order chi connectivity index (χ0) is 13.4. The van der Waals surface area contributed by atoms with Crippen LogP contribution in [-0.4, -0.2) is 4.98 Å². The number of pyridine rings is 1. The van der Waals surface area contributed by atoms with E-state index in [0.29, 0.717) is 16.1 Å². The van der Waals surface area contributed by atoms with Crippen LogP contribution in [0.25, 0.3) is 22.0 Å². The number of nitrogen functional groups attached to an aromatic ring is 1. The lowest BCUT2D eigenvalue weighted by molar-refractivity contribution is 1.28. The molecule has 1 aromatic heterocycles. The summed E-state index contributed by atoms with van der Waals surface area (Å²) in [6.45, 7) is 0.